The SMILES string of the molecule is COCC(=O)Nc1cc(-c2cn3nc(OC)ccc3n2)ccc1Cl. The van der Waals surface area contributed by atoms with Gasteiger partial charge in [0.15, 0.2) is 5.65 Å². The van der Waals surface area contributed by atoms with Crippen molar-refractivity contribution in [3.8, 4) is 17.1 Å². The van der Waals surface area contributed by atoms with Crippen LogP contribution in [0.15, 0.2) is 36.5 Å². The molecule has 0 aliphatic heterocycles. The van der Waals surface area contributed by atoms with Crippen molar-refractivity contribution < 1.29 is 14.3 Å². The van der Waals surface area contributed by atoms with Gasteiger partial charge in [-0.15, -0.1) is 5.10 Å². The van der Waals surface area contributed by atoms with E-state index in [0.717, 1.165) is 5.56 Å². The number of carbonyl (C=O) groups is 1. The number of nitrogens with one attached hydrogen (secondary N) is 1. The Morgan fingerprint density at radius 2 is 2.12 bits per heavy atom. The van der Waals surface area contributed by atoms with Crippen LogP contribution in [0.4, 0.5) is 5.69 Å². The van der Waals surface area contributed by atoms with Gasteiger partial charge in [0.1, 0.15) is 6.61 Å². The predicted octanol–water partition coefficient (Wildman–Crippen LogP) is 2.64. The quantitative estimate of drug-likeness (QED) is 0.768. The molecule has 0 aliphatic rings. The van der Waals surface area contributed by atoms with Crippen LogP contribution in [-0.4, -0.2) is 41.3 Å². The number of hydrogen-bond acceptors (Lipinski definition) is 5. The average molecular weight is 347 g/mol. The molecule has 0 radical (unpaired) electrons. The Hall–Kier alpha value is -2.64. The van der Waals surface area contributed by atoms with E-state index in [2.05, 4.69) is 15.4 Å². The minimum absolute atomic E-state index is 0.0430. The zero-order chi connectivity index (χ0) is 17.1. The molecule has 0 fully saturated rings. The molecule has 8 heteroatoms. The van der Waals surface area contributed by atoms with Crippen molar-refractivity contribution in [2.75, 3.05) is 26.1 Å². The van der Waals surface area contributed by atoms with Crippen LogP contribution in [0.3, 0.4) is 0 Å². The van der Waals surface area contributed by atoms with Crippen molar-refractivity contribution in [3.63, 3.8) is 0 Å². The molecular formula is C16H15ClN4O3. The molecule has 0 aliphatic carbocycles. The summed E-state index contributed by atoms with van der Waals surface area (Å²) in [7, 11) is 3.01. The molecule has 0 spiro atoms. The Kier molecular flexibility index (Phi) is 4.64. The number of aromatic nitrogens is 3. The van der Waals surface area contributed by atoms with Crippen LogP contribution in [0.5, 0.6) is 5.88 Å². The van der Waals surface area contributed by atoms with E-state index in [1.165, 1.54) is 7.11 Å². The second-order valence-electron chi connectivity index (χ2n) is 4.98. The molecule has 7 nitrogen and oxygen atoms in total. The summed E-state index contributed by atoms with van der Waals surface area (Å²) in [6, 6.07) is 8.84. The molecule has 0 bridgehead atoms. The zero-order valence-corrected chi connectivity index (χ0v) is 13.9. The zero-order valence-electron chi connectivity index (χ0n) is 13.1. The minimum Gasteiger partial charge on any atom is -0.480 e. The summed E-state index contributed by atoms with van der Waals surface area (Å²) in [5.41, 5.74) is 2.69. The molecule has 2 aromatic heterocycles. The number of carbonyl (C=O) groups excluding carboxylic acids is 1. The van der Waals surface area contributed by atoms with Gasteiger partial charge in [-0.3, -0.25) is 4.79 Å². The van der Waals surface area contributed by atoms with Crippen LogP contribution < -0.4 is 10.1 Å². The largest absolute Gasteiger partial charge is 0.480 e. The minimum atomic E-state index is -0.280. The first-order valence-corrected chi connectivity index (χ1v) is 7.47. The highest BCUT2D eigenvalue weighted by Crippen LogP contribution is 2.28. The molecule has 2 heterocycles. The van der Waals surface area contributed by atoms with E-state index in [1.54, 1.807) is 36.0 Å². The van der Waals surface area contributed by atoms with Gasteiger partial charge in [0.25, 0.3) is 0 Å². The lowest BCUT2D eigenvalue weighted by Crippen LogP contribution is -2.17. The Morgan fingerprint density at radius 3 is 2.88 bits per heavy atom. The number of imidazole rings is 1. The molecule has 0 unspecified atom stereocenters. The van der Waals surface area contributed by atoms with Crippen molar-refractivity contribution >= 4 is 28.8 Å². The summed E-state index contributed by atoms with van der Waals surface area (Å²) in [4.78, 5) is 16.2. The number of fused-ring (bicyclic) bond motifs is 1. The highest BCUT2D eigenvalue weighted by Gasteiger charge is 2.11. The van der Waals surface area contributed by atoms with Gasteiger partial charge in [-0.25, -0.2) is 9.50 Å². The normalized spacial score (nSPS) is 10.8. The molecule has 0 saturated carbocycles. The highest BCUT2D eigenvalue weighted by molar-refractivity contribution is 6.33. The van der Waals surface area contributed by atoms with Gasteiger partial charge in [0.2, 0.25) is 11.8 Å². The Morgan fingerprint density at radius 1 is 1.29 bits per heavy atom. The van der Waals surface area contributed by atoms with Crippen LogP contribution in [0.25, 0.3) is 16.9 Å². The standard InChI is InChI=1S/C16H15ClN4O3/c1-23-9-15(22)19-12-7-10(3-4-11(12)17)13-8-21-14(18-13)5-6-16(20-21)24-2/h3-8H,9H2,1-2H3,(H,19,22). The molecule has 3 aromatic rings. The van der Waals surface area contributed by atoms with Gasteiger partial charge < -0.3 is 14.8 Å². The lowest BCUT2D eigenvalue weighted by molar-refractivity contribution is -0.119. The monoisotopic (exact) mass is 346 g/mol. The summed E-state index contributed by atoms with van der Waals surface area (Å²) in [5.74, 6) is 0.216. The highest BCUT2D eigenvalue weighted by atomic mass is 35.5. The fraction of sp³-hybridized carbons (Fsp3) is 0.188. The molecular weight excluding hydrogens is 332 g/mol. The van der Waals surface area contributed by atoms with Crippen molar-refractivity contribution in [3.05, 3.63) is 41.6 Å². The third-order valence-corrected chi connectivity index (χ3v) is 3.65. The summed E-state index contributed by atoms with van der Waals surface area (Å²) in [5, 5.41) is 7.42. The number of rotatable bonds is 5. The number of benzene rings is 1. The van der Waals surface area contributed by atoms with E-state index >= 15 is 0 Å². The second-order valence-corrected chi connectivity index (χ2v) is 5.39. The van der Waals surface area contributed by atoms with Crippen LogP contribution in [0.2, 0.25) is 5.02 Å². The first kappa shape index (κ1) is 16.2. The number of hydrogen-bond donors (Lipinski definition) is 1. The Labute approximate surface area is 143 Å². The lowest BCUT2D eigenvalue weighted by Gasteiger charge is -2.08. The topological polar surface area (TPSA) is 77.8 Å². The first-order valence-electron chi connectivity index (χ1n) is 7.10. The van der Waals surface area contributed by atoms with E-state index in [9.17, 15) is 4.79 Å². The summed E-state index contributed by atoms with van der Waals surface area (Å²) < 4.78 is 11.5. The Balaban J connectivity index is 1.95. The number of anilines is 1. The first-order chi connectivity index (χ1) is 11.6. The molecule has 0 saturated heterocycles. The summed E-state index contributed by atoms with van der Waals surface area (Å²) in [6.07, 6.45) is 1.78. The fourth-order valence-corrected chi connectivity index (χ4v) is 2.38. The predicted molar refractivity (Wildman–Crippen MR) is 90.5 cm³/mol. The van der Waals surface area contributed by atoms with Crippen LogP contribution in [-0.2, 0) is 9.53 Å². The number of ether oxygens (including phenoxy) is 2. The lowest BCUT2D eigenvalue weighted by atomic mass is 10.1. The van der Waals surface area contributed by atoms with Gasteiger partial charge in [-0.2, -0.15) is 0 Å². The number of amides is 1. The smallest absolute Gasteiger partial charge is 0.250 e. The van der Waals surface area contributed by atoms with Crippen molar-refractivity contribution in [2.24, 2.45) is 0 Å². The van der Waals surface area contributed by atoms with E-state index in [1.807, 2.05) is 12.1 Å². The maximum atomic E-state index is 11.7. The van der Waals surface area contributed by atoms with E-state index in [4.69, 9.17) is 21.1 Å². The average Bonchev–Trinajstić information content (AvgIpc) is 3.00. The van der Waals surface area contributed by atoms with Crippen LogP contribution in [0.1, 0.15) is 0 Å². The third kappa shape index (κ3) is 3.32. The van der Waals surface area contributed by atoms with Crippen molar-refractivity contribution in [2.45, 2.75) is 0 Å². The molecule has 24 heavy (non-hydrogen) atoms. The molecule has 1 N–H and O–H groups in total. The molecule has 0 atom stereocenters. The van der Waals surface area contributed by atoms with Crippen LogP contribution >= 0.6 is 11.6 Å². The molecule has 3 rings (SSSR count). The van der Waals surface area contributed by atoms with Crippen molar-refractivity contribution in [1.29, 1.82) is 0 Å². The van der Waals surface area contributed by atoms with Crippen LogP contribution in [0, 0.1) is 0 Å². The van der Waals surface area contributed by atoms with E-state index in [0.29, 0.717) is 27.9 Å². The maximum absolute atomic E-state index is 11.7. The molecule has 124 valence electrons. The number of nitrogens with zero attached hydrogens (tertiary/aromatic N) is 3. The van der Waals surface area contributed by atoms with Gasteiger partial charge in [0.05, 0.1) is 29.7 Å². The third-order valence-electron chi connectivity index (χ3n) is 3.32. The van der Waals surface area contributed by atoms with Gasteiger partial charge in [-0.1, -0.05) is 17.7 Å². The molecule has 1 aromatic carbocycles. The number of halogens is 1. The molecule has 1 amide bonds. The maximum Gasteiger partial charge on any atom is 0.250 e. The summed E-state index contributed by atoms with van der Waals surface area (Å²) >= 11 is 6.14. The van der Waals surface area contributed by atoms with Gasteiger partial charge in [0, 0.05) is 18.7 Å². The fourth-order valence-electron chi connectivity index (χ4n) is 2.21. The second kappa shape index (κ2) is 6.86. The summed E-state index contributed by atoms with van der Waals surface area (Å²) in [6.45, 7) is -0.0430. The van der Waals surface area contributed by atoms with Crippen molar-refractivity contribution in [1.82, 2.24) is 14.6 Å². The van der Waals surface area contributed by atoms with E-state index < -0.39 is 0 Å². The number of methoxy groups -OCH3 is 2. The Bertz CT molecular complexity index is 894. The van der Waals surface area contributed by atoms with Gasteiger partial charge >= 0.3 is 0 Å². The van der Waals surface area contributed by atoms with E-state index in [-0.39, 0.29) is 12.5 Å². The van der Waals surface area contributed by atoms with Gasteiger partial charge in [-0.05, 0) is 18.2 Å².